The first-order valence-corrected chi connectivity index (χ1v) is 10.2. The molecule has 26 heavy (non-hydrogen) atoms. The highest BCUT2D eigenvalue weighted by Gasteiger charge is 2.35. The van der Waals surface area contributed by atoms with Crippen molar-refractivity contribution in [2.45, 2.75) is 25.8 Å². The van der Waals surface area contributed by atoms with Gasteiger partial charge in [-0.25, -0.2) is 0 Å². The molecule has 2 aromatic heterocycles. The van der Waals surface area contributed by atoms with Crippen LogP contribution in [0.15, 0.2) is 22.0 Å². The van der Waals surface area contributed by atoms with Gasteiger partial charge < -0.3 is 15.2 Å². The molecule has 1 saturated carbocycles. The van der Waals surface area contributed by atoms with Gasteiger partial charge in [0.2, 0.25) is 17.6 Å². The van der Waals surface area contributed by atoms with Crippen molar-refractivity contribution in [1.29, 1.82) is 0 Å². The quantitative estimate of drug-likeness (QED) is 0.857. The van der Waals surface area contributed by atoms with Crippen LogP contribution in [0.4, 0.5) is 0 Å². The van der Waals surface area contributed by atoms with Crippen molar-refractivity contribution in [3.05, 3.63) is 23.4 Å². The molecule has 1 aliphatic heterocycles. The van der Waals surface area contributed by atoms with Crippen molar-refractivity contribution >= 4 is 17.2 Å². The summed E-state index contributed by atoms with van der Waals surface area (Å²) in [6, 6.07) is 3.97. The number of nitrogens with zero attached hydrogens (tertiary/aromatic N) is 4. The van der Waals surface area contributed by atoms with Gasteiger partial charge in [0.25, 0.3) is 0 Å². The first-order valence-electron chi connectivity index (χ1n) is 9.32. The van der Waals surface area contributed by atoms with Crippen LogP contribution in [0.1, 0.15) is 25.2 Å². The SMILES string of the molecule is NC[C@H]1CCC[C@H]1C(=O)N1CCN(Cc2nc(-c3cccs3)no2)CC1. The van der Waals surface area contributed by atoms with Crippen LogP contribution in [0, 0.1) is 11.8 Å². The van der Waals surface area contributed by atoms with E-state index in [4.69, 9.17) is 10.3 Å². The van der Waals surface area contributed by atoms with Gasteiger partial charge in [-0.15, -0.1) is 11.3 Å². The molecule has 2 fully saturated rings. The summed E-state index contributed by atoms with van der Waals surface area (Å²) in [4.78, 5) is 22.6. The van der Waals surface area contributed by atoms with Crippen molar-refractivity contribution in [1.82, 2.24) is 19.9 Å². The van der Waals surface area contributed by atoms with Gasteiger partial charge in [0.15, 0.2) is 0 Å². The largest absolute Gasteiger partial charge is 0.340 e. The van der Waals surface area contributed by atoms with E-state index >= 15 is 0 Å². The predicted octanol–water partition coefficient (Wildman–Crippen LogP) is 1.82. The molecule has 1 saturated heterocycles. The van der Waals surface area contributed by atoms with Crippen LogP contribution in [0.5, 0.6) is 0 Å². The van der Waals surface area contributed by atoms with Crippen LogP contribution < -0.4 is 5.73 Å². The maximum Gasteiger partial charge on any atom is 0.241 e. The number of rotatable bonds is 5. The first-order chi connectivity index (χ1) is 12.7. The number of carbonyl (C=O) groups is 1. The number of piperazine rings is 1. The van der Waals surface area contributed by atoms with Gasteiger partial charge in [-0.3, -0.25) is 9.69 Å². The normalized spacial score (nSPS) is 24.3. The molecule has 140 valence electrons. The molecule has 2 aliphatic rings. The van der Waals surface area contributed by atoms with E-state index in [1.807, 2.05) is 22.4 Å². The Morgan fingerprint density at radius 1 is 1.31 bits per heavy atom. The minimum absolute atomic E-state index is 0.135. The van der Waals surface area contributed by atoms with Crippen LogP contribution >= 0.6 is 11.3 Å². The molecule has 0 spiro atoms. The highest BCUT2D eigenvalue weighted by molar-refractivity contribution is 7.13. The summed E-state index contributed by atoms with van der Waals surface area (Å²) in [5, 5.41) is 6.06. The average Bonchev–Trinajstić information content (AvgIpc) is 3.42. The second-order valence-electron chi connectivity index (χ2n) is 7.12. The Hall–Kier alpha value is -1.77. The number of amides is 1. The van der Waals surface area contributed by atoms with Crippen molar-refractivity contribution in [2.75, 3.05) is 32.7 Å². The Balaban J connectivity index is 1.29. The molecule has 1 aliphatic carbocycles. The molecule has 8 heteroatoms. The molecule has 3 heterocycles. The van der Waals surface area contributed by atoms with E-state index in [-0.39, 0.29) is 5.92 Å². The van der Waals surface area contributed by atoms with Gasteiger partial charge >= 0.3 is 0 Å². The highest BCUT2D eigenvalue weighted by atomic mass is 32.1. The van der Waals surface area contributed by atoms with E-state index in [0.717, 1.165) is 50.3 Å². The third-order valence-corrected chi connectivity index (χ3v) is 6.40. The number of aromatic nitrogens is 2. The van der Waals surface area contributed by atoms with Crippen molar-refractivity contribution in [2.24, 2.45) is 17.6 Å². The van der Waals surface area contributed by atoms with Crippen molar-refractivity contribution < 1.29 is 9.32 Å². The molecule has 0 unspecified atom stereocenters. The van der Waals surface area contributed by atoms with E-state index in [9.17, 15) is 4.79 Å². The van der Waals surface area contributed by atoms with Crippen LogP contribution in [0.25, 0.3) is 10.7 Å². The zero-order valence-corrected chi connectivity index (χ0v) is 15.7. The van der Waals surface area contributed by atoms with E-state index in [1.54, 1.807) is 11.3 Å². The number of carbonyl (C=O) groups excluding carboxylic acids is 1. The Labute approximate surface area is 157 Å². The summed E-state index contributed by atoms with van der Waals surface area (Å²) >= 11 is 1.60. The van der Waals surface area contributed by atoms with Crippen molar-refractivity contribution in [3.8, 4) is 10.7 Å². The Morgan fingerprint density at radius 2 is 2.15 bits per heavy atom. The minimum atomic E-state index is 0.135. The fraction of sp³-hybridized carbons (Fsp3) is 0.611. The maximum absolute atomic E-state index is 12.8. The van der Waals surface area contributed by atoms with Gasteiger partial charge in [0.1, 0.15) is 0 Å². The Kier molecular flexibility index (Phi) is 5.33. The molecule has 0 aromatic carbocycles. The lowest BCUT2D eigenvalue weighted by molar-refractivity contribution is -0.138. The molecule has 4 rings (SSSR count). The topological polar surface area (TPSA) is 88.5 Å². The van der Waals surface area contributed by atoms with Gasteiger partial charge in [0.05, 0.1) is 11.4 Å². The second-order valence-corrected chi connectivity index (χ2v) is 8.07. The average molecular weight is 375 g/mol. The van der Waals surface area contributed by atoms with Crippen molar-refractivity contribution in [3.63, 3.8) is 0 Å². The number of hydrogen-bond acceptors (Lipinski definition) is 7. The zero-order valence-electron chi connectivity index (χ0n) is 14.8. The molecule has 0 radical (unpaired) electrons. The number of thiophene rings is 1. The lowest BCUT2D eigenvalue weighted by atomic mass is 9.94. The smallest absolute Gasteiger partial charge is 0.241 e. The summed E-state index contributed by atoms with van der Waals surface area (Å²) in [6.07, 6.45) is 3.22. The molecule has 2 atom stereocenters. The maximum atomic E-state index is 12.8. The van der Waals surface area contributed by atoms with E-state index in [1.165, 1.54) is 0 Å². The molecule has 1 amide bonds. The van der Waals surface area contributed by atoms with Gasteiger partial charge in [0, 0.05) is 32.1 Å². The molecular formula is C18H25N5O2S. The van der Waals surface area contributed by atoms with Crippen LogP contribution in [-0.2, 0) is 11.3 Å². The summed E-state index contributed by atoms with van der Waals surface area (Å²) < 4.78 is 5.38. The predicted molar refractivity (Wildman–Crippen MR) is 99.4 cm³/mol. The molecule has 0 bridgehead atoms. The lowest BCUT2D eigenvalue weighted by Crippen LogP contribution is -2.50. The first kappa shape index (κ1) is 17.6. The minimum Gasteiger partial charge on any atom is -0.340 e. The Morgan fingerprint density at radius 3 is 2.88 bits per heavy atom. The third kappa shape index (κ3) is 3.67. The zero-order chi connectivity index (χ0) is 17.9. The second kappa shape index (κ2) is 7.85. The van der Waals surface area contributed by atoms with E-state index in [0.29, 0.717) is 36.6 Å². The summed E-state index contributed by atoms with van der Waals surface area (Å²) in [5.41, 5.74) is 5.84. The lowest BCUT2D eigenvalue weighted by Gasteiger charge is -2.36. The molecular weight excluding hydrogens is 350 g/mol. The van der Waals surface area contributed by atoms with Crippen LogP contribution in [-0.4, -0.2) is 58.6 Å². The Bertz CT molecular complexity index is 724. The molecule has 2 aromatic rings. The summed E-state index contributed by atoms with van der Waals surface area (Å²) in [5.74, 6) is 2.09. The van der Waals surface area contributed by atoms with Crippen LogP contribution in [0.2, 0.25) is 0 Å². The summed E-state index contributed by atoms with van der Waals surface area (Å²) in [6.45, 7) is 4.46. The van der Waals surface area contributed by atoms with Gasteiger partial charge in [-0.1, -0.05) is 17.6 Å². The molecule has 2 N–H and O–H groups in total. The number of hydrogen-bond donors (Lipinski definition) is 1. The molecule has 7 nitrogen and oxygen atoms in total. The summed E-state index contributed by atoms with van der Waals surface area (Å²) in [7, 11) is 0. The highest BCUT2D eigenvalue weighted by Crippen LogP contribution is 2.32. The van der Waals surface area contributed by atoms with Crippen LogP contribution in [0.3, 0.4) is 0 Å². The fourth-order valence-corrected chi connectivity index (χ4v) is 4.67. The van der Waals surface area contributed by atoms with Gasteiger partial charge in [-0.05, 0) is 36.8 Å². The standard InChI is InChI=1S/C18H25N5O2S/c19-11-13-3-1-4-14(13)18(24)23-8-6-22(7-9-23)12-16-20-17(21-25-16)15-5-2-10-26-15/h2,5,10,13-14H,1,3-4,6-9,11-12,19H2/t13-,14-/m1/s1. The fourth-order valence-electron chi connectivity index (χ4n) is 4.02. The van der Waals surface area contributed by atoms with E-state index in [2.05, 4.69) is 15.0 Å². The third-order valence-electron chi connectivity index (χ3n) is 5.53. The number of nitrogens with two attached hydrogens (primary N) is 1. The van der Waals surface area contributed by atoms with Gasteiger partial charge in [-0.2, -0.15) is 4.98 Å². The van der Waals surface area contributed by atoms with E-state index < -0.39 is 0 Å². The monoisotopic (exact) mass is 375 g/mol.